The summed E-state index contributed by atoms with van der Waals surface area (Å²) in [5.41, 5.74) is 3.54. The van der Waals surface area contributed by atoms with Crippen molar-refractivity contribution in [2.24, 2.45) is 4.99 Å². The van der Waals surface area contributed by atoms with Gasteiger partial charge in [-0.05, 0) is 62.1 Å². The van der Waals surface area contributed by atoms with Gasteiger partial charge in [0.25, 0.3) is 5.91 Å². The van der Waals surface area contributed by atoms with E-state index in [9.17, 15) is 4.79 Å². The highest BCUT2D eigenvalue weighted by atomic mass is 32.2. The molecule has 0 spiro atoms. The first kappa shape index (κ1) is 14.4. The van der Waals surface area contributed by atoms with Gasteiger partial charge in [0, 0.05) is 13.1 Å². The Hall–Kier alpha value is -1.55. The van der Waals surface area contributed by atoms with Crippen molar-refractivity contribution in [1.29, 1.82) is 0 Å². The first-order valence-electron chi connectivity index (χ1n) is 7.48. The van der Waals surface area contributed by atoms with E-state index in [1.54, 1.807) is 0 Å². The topological polar surface area (TPSA) is 32.7 Å². The molecule has 2 aliphatic rings. The first-order chi connectivity index (χ1) is 10.1. The predicted molar refractivity (Wildman–Crippen MR) is 89.4 cm³/mol. The summed E-state index contributed by atoms with van der Waals surface area (Å²) in [5, 5.41) is 0.885. The van der Waals surface area contributed by atoms with Crippen molar-refractivity contribution < 1.29 is 4.79 Å². The zero-order chi connectivity index (χ0) is 14.8. The van der Waals surface area contributed by atoms with E-state index in [2.05, 4.69) is 41.9 Å². The Kier molecular flexibility index (Phi) is 4.15. The highest BCUT2D eigenvalue weighted by molar-refractivity contribution is 8.18. The van der Waals surface area contributed by atoms with Crippen LogP contribution in [0.2, 0.25) is 0 Å². The van der Waals surface area contributed by atoms with Crippen LogP contribution in [0.15, 0.2) is 28.1 Å². The number of hydrogen-bond donors (Lipinski definition) is 0. The summed E-state index contributed by atoms with van der Waals surface area (Å²) in [4.78, 5) is 19.3. The lowest BCUT2D eigenvalue weighted by Crippen LogP contribution is -2.33. The van der Waals surface area contributed by atoms with Gasteiger partial charge in [0.1, 0.15) is 0 Å². The quantitative estimate of drug-likeness (QED) is 0.740. The van der Waals surface area contributed by atoms with Crippen LogP contribution in [0.25, 0.3) is 6.08 Å². The standard InChI is InChI=1S/C17H20N2OS/c1-12-6-7-14(13(2)10-12)11-15-16(20)18-17(21-15)19-8-4-3-5-9-19/h6-7,10-11H,3-5,8-9H2,1-2H3/b15-11-. The van der Waals surface area contributed by atoms with E-state index in [1.165, 1.54) is 42.2 Å². The van der Waals surface area contributed by atoms with Crippen LogP contribution in [0.4, 0.5) is 0 Å². The van der Waals surface area contributed by atoms with Crippen LogP contribution in [0.3, 0.4) is 0 Å². The van der Waals surface area contributed by atoms with Gasteiger partial charge in [-0.15, -0.1) is 0 Å². The minimum Gasteiger partial charge on any atom is -0.351 e. The molecule has 1 aromatic rings. The SMILES string of the molecule is Cc1ccc(/C=C2\SC(N3CCCCC3)=NC2=O)c(C)c1. The van der Waals surface area contributed by atoms with E-state index in [1.807, 2.05) is 6.08 Å². The Morgan fingerprint density at radius 1 is 1.19 bits per heavy atom. The second-order valence-electron chi connectivity index (χ2n) is 5.72. The number of aryl methyl sites for hydroxylation is 2. The Morgan fingerprint density at radius 3 is 2.67 bits per heavy atom. The van der Waals surface area contributed by atoms with Gasteiger partial charge < -0.3 is 4.90 Å². The minimum atomic E-state index is -0.0967. The molecule has 1 saturated heterocycles. The molecule has 0 radical (unpaired) electrons. The fraction of sp³-hybridized carbons (Fsp3) is 0.412. The molecule has 0 bridgehead atoms. The van der Waals surface area contributed by atoms with Crippen LogP contribution in [0.5, 0.6) is 0 Å². The van der Waals surface area contributed by atoms with Crippen LogP contribution < -0.4 is 0 Å². The molecule has 0 aromatic heterocycles. The minimum absolute atomic E-state index is 0.0967. The van der Waals surface area contributed by atoms with Gasteiger partial charge in [-0.25, -0.2) is 0 Å². The van der Waals surface area contributed by atoms with Crippen LogP contribution >= 0.6 is 11.8 Å². The molecule has 21 heavy (non-hydrogen) atoms. The van der Waals surface area contributed by atoms with Crippen molar-refractivity contribution in [3.8, 4) is 0 Å². The number of amidine groups is 1. The van der Waals surface area contributed by atoms with Crippen LogP contribution in [-0.2, 0) is 4.79 Å². The molecule has 2 heterocycles. The summed E-state index contributed by atoms with van der Waals surface area (Å²) in [6.07, 6.45) is 5.66. The maximum absolute atomic E-state index is 12.1. The van der Waals surface area contributed by atoms with Gasteiger partial charge in [0.15, 0.2) is 5.17 Å². The summed E-state index contributed by atoms with van der Waals surface area (Å²) in [5.74, 6) is -0.0967. The van der Waals surface area contributed by atoms with Gasteiger partial charge in [0.2, 0.25) is 0 Å². The molecule has 0 aliphatic carbocycles. The number of hydrogen-bond acceptors (Lipinski definition) is 3. The normalized spacial score (nSPS) is 21.0. The van der Waals surface area contributed by atoms with Gasteiger partial charge in [-0.3, -0.25) is 4.79 Å². The monoisotopic (exact) mass is 300 g/mol. The zero-order valence-electron chi connectivity index (χ0n) is 12.6. The first-order valence-corrected chi connectivity index (χ1v) is 8.30. The smallest absolute Gasteiger partial charge is 0.286 e. The van der Waals surface area contributed by atoms with Gasteiger partial charge in [0.05, 0.1) is 4.91 Å². The Balaban J connectivity index is 1.79. The molecule has 3 nitrogen and oxygen atoms in total. The summed E-state index contributed by atoms with van der Waals surface area (Å²) >= 11 is 1.52. The molecule has 2 aliphatic heterocycles. The van der Waals surface area contributed by atoms with E-state index in [-0.39, 0.29) is 5.91 Å². The Morgan fingerprint density at radius 2 is 1.95 bits per heavy atom. The second-order valence-corrected chi connectivity index (χ2v) is 6.73. The molecule has 1 amide bonds. The number of nitrogens with zero attached hydrogens (tertiary/aromatic N) is 2. The largest absolute Gasteiger partial charge is 0.351 e. The van der Waals surface area contributed by atoms with E-state index >= 15 is 0 Å². The van der Waals surface area contributed by atoms with E-state index in [0.29, 0.717) is 0 Å². The molecular formula is C17H20N2OS. The van der Waals surface area contributed by atoms with Crippen molar-refractivity contribution in [3.05, 3.63) is 39.8 Å². The molecule has 0 N–H and O–H groups in total. The molecule has 110 valence electrons. The Bertz CT molecular complexity index is 628. The zero-order valence-corrected chi connectivity index (χ0v) is 13.4. The average molecular weight is 300 g/mol. The average Bonchev–Trinajstić information content (AvgIpc) is 2.84. The van der Waals surface area contributed by atoms with Crippen molar-refractivity contribution in [2.45, 2.75) is 33.1 Å². The third-order valence-electron chi connectivity index (χ3n) is 3.95. The Labute approximate surface area is 130 Å². The summed E-state index contributed by atoms with van der Waals surface area (Å²) in [6.45, 7) is 6.21. The maximum atomic E-state index is 12.1. The summed E-state index contributed by atoms with van der Waals surface area (Å²) < 4.78 is 0. The number of piperidine rings is 1. The van der Waals surface area contributed by atoms with Crippen molar-refractivity contribution in [1.82, 2.24) is 4.90 Å². The van der Waals surface area contributed by atoms with E-state index in [4.69, 9.17) is 0 Å². The molecule has 3 rings (SSSR count). The van der Waals surface area contributed by atoms with Crippen LogP contribution in [0.1, 0.15) is 36.0 Å². The van der Waals surface area contributed by atoms with Gasteiger partial charge in [-0.1, -0.05) is 23.8 Å². The number of aliphatic imine (C=N–C) groups is 1. The maximum Gasteiger partial charge on any atom is 0.286 e. The number of carbonyl (C=O) groups is 1. The van der Waals surface area contributed by atoms with Crippen LogP contribution in [0, 0.1) is 13.8 Å². The summed E-state index contributed by atoms with van der Waals surface area (Å²) in [6, 6.07) is 6.29. The second kappa shape index (κ2) is 6.06. The fourth-order valence-corrected chi connectivity index (χ4v) is 3.70. The van der Waals surface area contributed by atoms with Crippen molar-refractivity contribution in [2.75, 3.05) is 13.1 Å². The number of likely N-dealkylation sites (tertiary alicyclic amines) is 1. The molecule has 0 saturated carbocycles. The molecule has 1 aromatic carbocycles. The lowest BCUT2D eigenvalue weighted by molar-refractivity contribution is -0.113. The summed E-state index contributed by atoms with van der Waals surface area (Å²) in [7, 11) is 0. The molecule has 0 unspecified atom stereocenters. The fourth-order valence-electron chi connectivity index (χ4n) is 2.75. The predicted octanol–water partition coefficient (Wildman–Crippen LogP) is 3.76. The van der Waals surface area contributed by atoms with Gasteiger partial charge in [-0.2, -0.15) is 4.99 Å². The third-order valence-corrected chi connectivity index (χ3v) is 4.99. The number of amides is 1. The highest BCUT2D eigenvalue weighted by Crippen LogP contribution is 2.31. The number of thioether (sulfide) groups is 1. The van der Waals surface area contributed by atoms with Gasteiger partial charge >= 0.3 is 0 Å². The molecule has 4 heteroatoms. The lowest BCUT2D eigenvalue weighted by Gasteiger charge is -2.27. The molecule has 0 atom stereocenters. The van der Waals surface area contributed by atoms with Crippen LogP contribution in [-0.4, -0.2) is 29.1 Å². The van der Waals surface area contributed by atoms with Crippen molar-refractivity contribution in [3.63, 3.8) is 0 Å². The lowest BCUT2D eigenvalue weighted by atomic mass is 10.1. The van der Waals surface area contributed by atoms with E-state index in [0.717, 1.165) is 28.7 Å². The van der Waals surface area contributed by atoms with Crippen molar-refractivity contribution >= 4 is 28.9 Å². The number of rotatable bonds is 1. The number of benzene rings is 1. The highest BCUT2D eigenvalue weighted by Gasteiger charge is 2.26. The third kappa shape index (κ3) is 3.21. The molecular weight excluding hydrogens is 280 g/mol. The van der Waals surface area contributed by atoms with E-state index < -0.39 is 0 Å². The molecule has 1 fully saturated rings. The number of carbonyl (C=O) groups excluding carboxylic acids is 1.